The van der Waals surface area contributed by atoms with Gasteiger partial charge in [0.15, 0.2) is 17.3 Å². The number of hydrogen-bond acceptors (Lipinski definition) is 6. The molecule has 39 heavy (non-hydrogen) atoms. The first-order valence-corrected chi connectivity index (χ1v) is 11.5. The number of nitrogens with two attached hydrogens (primary N) is 1. The van der Waals surface area contributed by atoms with E-state index in [9.17, 15) is 36.7 Å². The Balaban J connectivity index is 1.60. The normalized spacial score (nSPS) is 17.2. The summed E-state index contributed by atoms with van der Waals surface area (Å²) in [7, 11) is 1.14. The number of Topliss-reactive ketones (excluding diaryl/α,β-unsaturated/α-hetero) is 1. The number of para-hydroxylation sites is 1. The van der Waals surface area contributed by atoms with Crippen LogP contribution in [-0.4, -0.2) is 59.3 Å². The lowest BCUT2D eigenvalue weighted by Gasteiger charge is -2.24. The number of aromatic nitrogens is 1. The van der Waals surface area contributed by atoms with Crippen LogP contribution in [0.5, 0.6) is 5.75 Å². The number of ether oxygens (including phenoxy) is 2. The molecule has 0 bridgehead atoms. The number of carbonyl (C=O) groups is 4. The highest BCUT2D eigenvalue weighted by Crippen LogP contribution is 2.31. The summed E-state index contributed by atoms with van der Waals surface area (Å²) < 4.78 is 62.0. The standard InChI is InChI=1S/C25H22F4N4O6/c1-38-22(35)14-9-18(19(34)10-13-5-4-8-20(21(13)26)39-25(27,28)29)33(11-14)24(37)31-16-12-32(23(30)36)17-7-3-2-6-15(16)17/h2-8,12,14,18H,9-11H2,1H3,(H2,30,36)(H,31,37)/t14-,18-/m0/s1. The Kier molecular flexibility index (Phi) is 7.47. The van der Waals surface area contributed by atoms with E-state index in [1.165, 1.54) is 6.20 Å². The fourth-order valence-corrected chi connectivity index (χ4v) is 4.55. The quantitative estimate of drug-likeness (QED) is 0.354. The van der Waals surface area contributed by atoms with Gasteiger partial charge >= 0.3 is 24.4 Å². The minimum atomic E-state index is -5.14. The average molecular weight is 550 g/mol. The van der Waals surface area contributed by atoms with Crippen LogP contribution in [0.2, 0.25) is 0 Å². The molecular weight excluding hydrogens is 528 g/mol. The maximum atomic E-state index is 14.7. The van der Waals surface area contributed by atoms with Gasteiger partial charge in [-0.1, -0.05) is 30.3 Å². The molecular formula is C25H22F4N4O6. The molecule has 3 N–H and O–H groups in total. The number of amides is 3. The molecule has 0 aliphatic carbocycles. The van der Waals surface area contributed by atoms with Crippen LogP contribution in [0.15, 0.2) is 48.7 Å². The molecule has 0 spiro atoms. The number of primary amides is 1. The van der Waals surface area contributed by atoms with Crippen LogP contribution >= 0.6 is 0 Å². The zero-order valence-electron chi connectivity index (χ0n) is 20.3. The van der Waals surface area contributed by atoms with Crippen molar-refractivity contribution in [1.29, 1.82) is 0 Å². The topological polar surface area (TPSA) is 133 Å². The van der Waals surface area contributed by atoms with Crippen molar-refractivity contribution in [3.8, 4) is 5.75 Å². The number of ketones is 1. The predicted molar refractivity (Wildman–Crippen MR) is 128 cm³/mol. The highest BCUT2D eigenvalue weighted by Gasteiger charge is 2.43. The number of fused-ring (bicyclic) bond motifs is 1. The van der Waals surface area contributed by atoms with Gasteiger partial charge < -0.3 is 25.4 Å². The molecule has 10 nitrogen and oxygen atoms in total. The SMILES string of the molecule is COC(=O)[C@H]1C[C@@H](C(=O)Cc2cccc(OC(F)(F)F)c2F)N(C(=O)Nc2cn(C(N)=O)c3ccccc23)C1. The highest BCUT2D eigenvalue weighted by molar-refractivity contribution is 6.05. The van der Waals surface area contributed by atoms with E-state index in [4.69, 9.17) is 10.5 Å². The number of esters is 1. The number of benzene rings is 2. The summed E-state index contributed by atoms with van der Waals surface area (Å²) in [6.07, 6.45) is -4.67. The third-order valence-corrected chi connectivity index (χ3v) is 6.29. The summed E-state index contributed by atoms with van der Waals surface area (Å²) in [6.45, 7) is -0.219. The van der Waals surface area contributed by atoms with Gasteiger partial charge in [-0.3, -0.25) is 14.2 Å². The summed E-state index contributed by atoms with van der Waals surface area (Å²) in [5, 5.41) is 3.08. The molecule has 1 aliphatic rings. The summed E-state index contributed by atoms with van der Waals surface area (Å²) in [6, 6.07) is 6.72. The number of nitrogens with zero attached hydrogens (tertiary/aromatic N) is 2. The van der Waals surface area contributed by atoms with Gasteiger partial charge in [0.2, 0.25) is 0 Å². The Labute approximate surface area is 218 Å². The van der Waals surface area contributed by atoms with E-state index in [-0.39, 0.29) is 24.2 Å². The van der Waals surface area contributed by atoms with Crippen LogP contribution in [0.25, 0.3) is 10.9 Å². The molecule has 2 atom stereocenters. The summed E-state index contributed by atoms with van der Waals surface area (Å²) in [4.78, 5) is 51.6. The Morgan fingerprint density at radius 1 is 1.10 bits per heavy atom. The first-order valence-electron chi connectivity index (χ1n) is 11.5. The van der Waals surface area contributed by atoms with Crippen LogP contribution in [0, 0.1) is 11.7 Å². The number of rotatable bonds is 6. The molecule has 3 aromatic rings. The molecule has 1 aromatic heterocycles. The molecule has 1 aliphatic heterocycles. The molecule has 4 rings (SSSR count). The lowest BCUT2D eigenvalue weighted by Crippen LogP contribution is -2.43. The van der Waals surface area contributed by atoms with Crippen LogP contribution in [0.4, 0.5) is 32.8 Å². The Morgan fingerprint density at radius 2 is 1.82 bits per heavy atom. The molecule has 0 unspecified atom stereocenters. The van der Waals surface area contributed by atoms with Crippen LogP contribution in [0.1, 0.15) is 12.0 Å². The van der Waals surface area contributed by atoms with Crippen LogP contribution in [0.3, 0.4) is 0 Å². The van der Waals surface area contributed by atoms with Gasteiger partial charge in [0.1, 0.15) is 0 Å². The van der Waals surface area contributed by atoms with Crippen molar-refractivity contribution in [3.63, 3.8) is 0 Å². The molecule has 1 saturated heterocycles. The van der Waals surface area contributed by atoms with Gasteiger partial charge in [0, 0.05) is 24.5 Å². The van der Waals surface area contributed by atoms with E-state index in [1.54, 1.807) is 24.3 Å². The third-order valence-electron chi connectivity index (χ3n) is 6.29. The smallest absolute Gasteiger partial charge is 0.469 e. The molecule has 3 amide bonds. The van der Waals surface area contributed by atoms with E-state index in [0.29, 0.717) is 10.9 Å². The summed E-state index contributed by atoms with van der Waals surface area (Å²) in [5.74, 6) is -4.76. The number of carbonyl (C=O) groups excluding carboxylic acids is 4. The predicted octanol–water partition coefficient (Wildman–Crippen LogP) is 3.81. The maximum absolute atomic E-state index is 14.7. The van der Waals surface area contributed by atoms with Crippen molar-refractivity contribution in [2.75, 3.05) is 19.0 Å². The monoisotopic (exact) mass is 550 g/mol. The number of methoxy groups -OCH3 is 1. The number of likely N-dealkylation sites (tertiary alicyclic amines) is 1. The number of halogens is 4. The van der Waals surface area contributed by atoms with Crippen molar-refractivity contribution in [3.05, 3.63) is 60.0 Å². The lowest BCUT2D eigenvalue weighted by molar-refractivity contribution is -0.275. The lowest BCUT2D eigenvalue weighted by atomic mass is 9.98. The van der Waals surface area contributed by atoms with Gasteiger partial charge in [-0.2, -0.15) is 0 Å². The van der Waals surface area contributed by atoms with Crippen molar-refractivity contribution in [2.24, 2.45) is 11.7 Å². The molecule has 1 fully saturated rings. The number of nitrogens with one attached hydrogen (secondary N) is 1. The second-order valence-electron chi connectivity index (χ2n) is 8.74. The Bertz CT molecular complexity index is 1450. The Hall–Kier alpha value is -4.62. The van der Waals surface area contributed by atoms with Gasteiger partial charge in [-0.15, -0.1) is 13.2 Å². The van der Waals surface area contributed by atoms with Gasteiger partial charge in [-0.05, 0) is 24.1 Å². The second kappa shape index (κ2) is 10.6. The van der Waals surface area contributed by atoms with Crippen molar-refractivity contribution < 1.29 is 46.2 Å². The molecule has 0 saturated carbocycles. The number of anilines is 1. The first-order chi connectivity index (χ1) is 18.4. The first kappa shape index (κ1) is 27.4. The highest BCUT2D eigenvalue weighted by atomic mass is 19.4. The second-order valence-corrected chi connectivity index (χ2v) is 8.74. The molecule has 0 radical (unpaired) electrons. The number of urea groups is 1. The molecule has 2 heterocycles. The fraction of sp³-hybridized carbons (Fsp3) is 0.280. The van der Waals surface area contributed by atoms with Crippen molar-refractivity contribution in [1.82, 2.24) is 9.47 Å². The van der Waals surface area contributed by atoms with E-state index in [0.717, 1.165) is 34.8 Å². The van der Waals surface area contributed by atoms with E-state index < -0.39 is 60.1 Å². The molecule has 14 heteroatoms. The van der Waals surface area contributed by atoms with E-state index >= 15 is 0 Å². The number of hydrogen-bond donors (Lipinski definition) is 2. The van der Waals surface area contributed by atoms with Gasteiger partial charge in [0.05, 0.1) is 30.3 Å². The molecule has 206 valence electrons. The van der Waals surface area contributed by atoms with Crippen molar-refractivity contribution >= 4 is 40.4 Å². The average Bonchev–Trinajstić information content (AvgIpc) is 3.48. The van der Waals surface area contributed by atoms with Gasteiger partial charge in [-0.25, -0.2) is 14.0 Å². The zero-order valence-corrected chi connectivity index (χ0v) is 20.3. The van der Waals surface area contributed by atoms with E-state index in [2.05, 4.69) is 10.1 Å². The largest absolute Gasteiger partial charge is 0.573 e. The summed E-state index contributed by atoms with van der Waals surface area (Å²) in [5.41, 5.74) is 5.64. The molecule has 2 aromatic carbocycles. The van der Waals surface area contributed by atoms with Gasteiger partial charge in [0.25, 0.3) is 0 Å². The minimum Gasteiger partial charge on any atom is -0.469 e. The maximum Gasteiger partial charge on any atom is 0.573 e. The summed E-state index contributed by atoms with van der Waals surface area (Å²) >= 11 is 0. The number of alkyl halides is 3. The van der Waals surface area contributed by atoms with Crippen LogP contribution < -0.4 is 15.8 Å². The van der Waals surface area contributed by atoms with Crippen LogP contribution in [-0.2, 0) is 20.7 Å². The third kappa shape index (κ3) is 5.78. The fourth-order valence-electron chi connectivity index (χ4n) is 4.55. The zero-order chi connectivity index (χ0) is 28.5. The van der Waals surface area contributed by atoms with E-state index in [1.807, 2.05) is 0 Å². The minimum absolute atomic E-state index is 0.150. The van der Waals surface area contributed by atoms with Crippen molar-refractivity contribution in [2.45, 2.75) is 25.2 Å². The Morgan fingerprint density at radius 3 is 2.49 bits per heavy atom.